The lowest BCUT2D eigenvalue weighted by molar-refractivity contribution is -0.120. The number of benzene rings is 1. The van der Waals surface area contributed by atoms with Gasteiger partial charge in [-0.15, -0.1) is 0 Å². The number of dihydropyridines is 1. The molecule has 0 saturated carbocycles. The number of allylic oxidation sites excluding steroid dienone is 4. The first-order valence-electron chi connectivity index (χ1n) is 11.4. The van der Waals surface area contributed by atoms with Gasteiger partial charge in [-0.2, -0.15) is 0 Å². The summed E-state index contributed by atoms with van der Waals surface area (Å²) in [6.45, 7) is 7.96. The highest BCUT2D eigenvalue weighted by atomic mass is 35.5. The number of carbonyl (C=O) groups is 3. The number of ether oxygens (including phenoxy) is 2. The largest absolute Gasteiger partial charge is 0.493 e. The van der Waals surface area contributed by atoms with Crippen LogP contribution in [0.5, 0.6) is 11.5 Å². The van der Waals surface area contributed by atoms with Gasteiger partial charge >= 0.3 is 0 Å². The van der Waals surface area contributed by atoms with Crippen LogP contribution in [0.25, 0.3) is 0 Å². The zero-order valence-corrected chi connectivity index (χ0v) is 21.0. The molecule has 1 aliphatic heterocycles. The summed E-state index contributed by atoms with van der Waals surface area (Å²) in [6.07, 6.45) is 2.22. The van der Waals surface area contributed by atoms with Gasteiger partial charge in [-0.3, -0.25) is 14.4 Å². The SMILES string of the molecule is COc1cc(C2C3=C(CC(C)(C)CC3=O)NC3=C2C(=O)CC(C)(C)C3)cc(Cl)c1OCC(N)=O. The normalized spacial score (nSPS) is 21.6. The average molecular weight is 487 g/mol. The van der Waals surface area contributed by atoms with E-state index in [2.05, 4.69) is 33.0 Å². The molecule has 2 aliphatic carbocycles. The van der Waals surface area contributed by atoms with Crippen molar-refractivity contribution in [3.05, 3.63) is 45.3 Å². The Kier molecular flexibility index (Phi) is 6.05. The zero-order chi connectivity index (χ0) is 25.0. The van der Waals surface area contributed by atoms with Gasteiger partial charge in [0.2, 0.25) is 0 Å². The van der Waals surface area contributed by atoms with E-state index in [-0.39, 0.29) is 39.8 Å². The molecule has 3 aliphatic rings. The highest BCUT2D eigenvalue weighted by Gasteiger charge is 2.46. The molecule has 182 valence electrons. The lowest BCUT2D eigenvalue weighted by atomic mass is 9.64. The number of nitrogens with two attached hydrogens (primary N) is 1. The Morgan fingerprint density at radius 3 is 2.03 bits per heavy atom. The average Bonchev–Trinajstić information content (AvgIpc) is 2.68. The molecule has 0 radical (unpaired) electrons. The number of carbonyl (C=O) groups excluding carboxylic acids is 3. The third kappa shape index (κ3) is 4.45. The van der Waals surface area contributed by atoms with Crippen molar-refractivity contribution in [3.8, 4) is 11.5 Å². The number of hydrogen-bond donors (Lipinski definition) is 2. The molecule has 0 saturated heterocycles. The number of halogens is 1. The molecule has 0 fully saturated rings. The summed E-state index contributed by atoms with van der Waals surface area (Å²) in [5.41, 5.74) is 8.52. The van der Waals surface area contributed by atoms with Crippen LogP contribution >= 0.6 is 11.6 Å². The monoisotopic (exact) mass is 486 g/mol. The summed E-state index contributed by atoms with van der Waals surface area (Å²) < 4.78 is 11.0. The number of Topliss-reactive ketones (excluding diaryl/α,β-unsaturated/α-hetero) is 2. The maximum atomic E-state index is 13.4. The van der Waals surface area contributed by atoms with Crippen LogP contribution in [0.4, 0.5) is 0 Å². The minimum absolute atomic E-state index is 0.0251. The van der Waals surface area contributed by atoms with Crippen molar-refractivity contribution in [1.29, 1.82) is 0 Å². The molecule has 1 amide bonds. The van der Waals surface area contributed by atoms with Crippen molar-refractivity contribution in [3.63, 3.8) is 0 Å². The third-order valence-electron chi connectivity index (χ3n) is 6.66. The number of rotatable bonds is 5. The summed E-state index contributed by atoms with van der Waals surface area (Å²) in [4.78, 5) is 38.1. The van der Waals surface area contributed by atoms with Crippen LogP contribution < -0.4 is 20.5 Å². The van der Waals surface area contributed by atoms with E-state index >= 15 is 0 Å². The molecule has 1 aromatic carbocycles. The summed E-state index contributed by atoms with van der Waals surface area (Å²) in [6, 6.07) is 3.42. The summed E-state index contributed by atoms with van der Waals surface area (Å²) in [5.74, 6) is -0.643. The highest BCUT2D eigenvalue weighted by Crippen LogP contribution is 2.52. The predicted octanol–water partition coefficient (Wildman–Crippen LogP) is 4.19. The molecule has 7 nitrogen and oxygen atoms in total. The molecular weight excluding hydrogens is 456 g/mol. The lowest BCUT2D eigenvalue weighted by Gasteiger charge is -2.44. The van der Waals surface area contributed by atoms with Crippen molar-refractivity contribution in [2.75, 3.05) is 13.7 Å². The van der Waals surface area contributed by atoms with E-state index in [9.17, 15) is 14.4 Å². The van der Waals surface area contributed by atoms with Crippen LogP contribution in [0.3, 0.4) is 0 Å². The topological polar surface area (TPSA) is 108 Å². The van der Waals surface area contributed by atoms with E-state index in [0.29, 0.717) is 48.1 Å². The number of methoxy groups -OCH3 is 1. The summed E-state index contributed by atoms with van der Waals surface area (Å²) in [5, 5.41) is 3.71. The molecule has 0 atom stereocenters. The fourth-order valence-corrected chi connectivity index (χ4v) is 5.69. The number of ketones is 2. The van der Waals surface area contributed by atoms with Crippen molar-refractivity contribution in [1.82, 2.24) is 5.32 Å². The second-order valence-electron chi connectivity index (χ2n) is 11.0. The Bertz CT molecular complexity index is 1110. The van der Waals surface area contributed by atoms with E-state index < -0.39 is 11.8 Å². The fraction of sp³-hybridized carbons (Fsp3) is 0.500. The molecule has 4 rings (SSSR count). The van der Waals surface area contributed by atoms with Crippen molar-refractivity contribution in [2.24, 2.45) is 16.6 Å². The highest BCUT2D eigenvalue weighted by molar-refractivity contribution is 6.32. The zero-order valence-electron chi connectivity index (χ0n) is 20.3. The fourth-order valence-electron chi connectivity index (χ4n) is 5.41. The van der Waals surface area contributed by atoms with Gasteiger partial charge in [0.05, 0.1) is 12.1 Å². The van der Waals surface area contributed by atoms with E-state index in [1.807, 2.05) is 0 Å². The van der Waals surface area contributed by atoms with Gasteiger partial charge in [0.25, 0.3) is 5.91 Å². The molecule has 8 heteroatoms. The van der Waals surface area contributed by atoms with E-state index in [4.69, 9.17) is 26.8 Å². The van der Waals surface area contributed by atoms with Crippen LogP contribution in [0, 0.1) is 10.8 Å². The molecule has 34 heavy (non-hydrogen) atoms. The molecule has 1 heterocycles. The summed E-state index contributed by atoms with van der Waals surface area (Å²) >= 11 is 6.55. The minimum atomic E-state index is -0.643. The quantitative estimate of drug-likeness (QED) is 0.646. The maximum Gasteiger partial charge on any atom is 0.255 e. The van der Waals surface area contributed by atoms with Crippen LogP contribution in [0.15, 0.2) is 34.7 Å². The first kappa shape index (κ1) is 24.3. The maximum absolute atomic E-state index is 13.4. The van der Waals surface area contributed by atoms with Gasteiger partial charge < -0.3 is 20.5 Å². The Morgan fingerprint density at radius 1 is 1.03 bits per heavy atom. The first-order valence-corrected chi connectivity index (χ1v) is 11.8. The van der Waals surface area contributed by atoms with Crippen molar-refractivity contribution < 1.29 is 23.9 Å². The van der Waals surface area contributed by atoms with Gasteiger partial charge in [-0.05, 0) is 41.4 Å². The van der Waals surface area contributed by atoms with E-state index in [1.54, 1.807) is 12.1 Å². The predicted molar refractivity (Wildman–Crippen MR) is 129 cm³/mol. The van der Waals surface area contributed by atoms with Crippen LogP contribution in [-0.4, -0.2) is 31.2 Å². The number of primary amides is 1. The van der Waals surface area contributed by atoms with Crippen LogP contribution in [0.2, 0.25) is 5.02 Å². The molecule has 0 unspecified atom stereocenters. The molecule has 3 N–H and O–H groups in total. The van der Waals surface area contributed by atoms with Gasteiger partial charge in [-0.25, -0.2) is 0 Å². The smallest absolute Gasteiger partial charge is 0.255 e. The Labute approximate surface area is 204 Å². The molecular formula is C26H31ClN2O5. The van der Waals surface area contributed by atoms with Gasteiger partial charge in [0.15, 0.2) is 29.7 Å². The van der Waals surface area contributed by atoms with Gasteiger partial charge in [-0.1, -0.05) is 39.3 Å². The van der Waals surface area contributed by atoms with Gasteiger partial charge in [0, 0.05) is 41.3 Å². The standard InChI is InChI=1S/C26H31ClN2O5/c1-25(2)8-15-22(17(30)10-25)21(23-16(29-15)9-26(3,4)11-18(23)31)13-6-14(27)24(19(7-13)33-5)34-12-20(28)32/h6-7,21,29H,8-12H2,1-5H3,(H2,28,32). The second-order valence-corrected chi connectivity index (χ2v) is 11.4. The van der Waals surface area contributed by atoms with Crippen LogP contribution in [0.1, 0.15) is 64.9 Å². The first-order chi connectivity index (χ1) is 15.8. The molecule has 0 aromatic heterocycles. The Balaban J connectivity index is 1.90. The minimum Gasteiger partial charge on any atom is -0.493 e. The number of nitrogens with one attached hydrogen (secondary N) is 1. The molecule has 0 spiro atoms. The van der Waals surface area contributed by atoms with Crippen molar-refractivity contribution >= 4 is 29.1 Å². The van der Waals surface area contributed by atoms with Crippen molar-refractivity contribution in [2.45, 2.75) is 59.3 Å². The lowest BCUT2D eigenvalue weighted by Crippen LogP contribution is -2.42. The molecule has 1 aromatic rings. The number of hydrogen-bond acceptors (Lipinski definition) is 6. The number of amides is 1. The third-order valence-corrected chi connectivity index (χ3v) is 6.94. The Morgan fingerprint density at radius 2 is 1.56 bits per heavy atom. The van der Waals surface area contributed by atoms with E-state index in [1.165, 1.54) is 7.11 Å². The second kappa shape index (κ2) is 8.45. The Hall–Kier alpha value is -2.80. The van der Waals surface area contributed by atoms with Gasteiger partial charge in [0.1, 0.15) is 0 Å². The van der Waals surface area contributed by atoms with Crippen LogP contribution in [-0.2, 0) is 14.4 Å². The summed E-state index contributed by atoms with van der Waals surface area (Å²) in [7, 11) is 1.47. The van der Waals surface area contributed by atoms with E-state index in [0.717, 1.165) is 11.4 Å². The molecule has 0 bridgehead atoms.